The highest BCUT2D eigenvalue weighted by Gasteiger charge is 2.25. The Morgan fingerprint density at radius 3 is 2.68 bits per heavy atom. The van der Waals surface area contributed by atoms with E-state index in [9.17, 15) is 0 Å². The summed E-state index contributed by atoms with van der Waals surface area (Å²) in [6.45, 7) is 9.16. The third-order valence-corrected chi connectivity index (χ3v) is 5.69. The van der Waals surface area contributed by atoms with Gasteiger partial charge in [0.25, 0.3) is 0 Å². The Bertz CT molecular complexity index is 992. The molecule has 0 saturated carbocycles. The van der Waals surface area contributed by atoms with Gasteiger partial charge in [0.15, 0.2) is 10.6 Å². The summed E-state index contributed by atoms with van der Waals surface area (Å²) in [4.78, 5) is 2.37. The highest BCUT2D eigenvalue weighted by atomic mass is 32.1. The smallest absolute Gasteiger partial charge is 0.199 e. The second kappa shape index (κ2) is 8.03. The zero-order chi connectivity index (χ0) is 19.7. The van der Waals surface area contributed by atoms with Crippen LogP contribution in [0.25, 0.3) is 11.4 Å². The van der Waals surface area contributed by atoms with Crippen LogP contribution >= 0.6 is 12.2 Å². The number of benzene rings is 1. The van der Waals surface area contributed by atoms with Crippen LogP contribution in [0.4, 0.5) is 0 Å². The van der Waals surface area contributed by atoms with Gasteiger partial charge in [-0.05, 0) is 44.6 Å². The molecule has 7 heteroatoms. The SMILES string of the molecule is Cc1occc1-c1nn(CN2CC(C)OCC2C)c(=S)n1Cc1ccccc1. The molecule has 0 N–H and O–H groups in total. The molecule has 0 radical (unpaired) electrons. The molecule has 1 saturated heterocycles. The van der Waals surface area contributed by atoms with Crippen LogP contribution in [0.1, 0.15) is 25.2 Å². The van der Waals surface area contributed by atoms with Gasteiger partial charge in [-0.15, -0.1) is 0 Å². The van der Waals surface area contributed by atoms with Crippen molar-refractivity contribution in [2.24, 2.45) is 0 Å². The van der Waals surface area contributed by atoms with Gasteiger partial charge in [-0.2, -0.15) is 5.10 Å². The predicted molar refractivity (Wildman–Crippen MR) is 111 cm³/mol. The zero-order valence-corrected chi connectivity index (χ0v) is 17.4. The Labute approximate surface area is 170 Å². The third-order valence-electron chi connectivity index (χ3n) is 5.26. The van der Waals surface area contributed by atoms with Crippen LogP contribution in [0.2, 0.25) is 0 Å². The Morgan fingerprint density at radius 2 is 1.96 bits per heavy atom. The van der Waals surface area contributed by atoms with Gasteiger partial charge >= 0.3 is 0 Å². The lowest BCUT2D eigenvalue weighted by Gasteiger charge is -2.36. The number of morpholine rings is 1. The van der Waals surface area contributed by atoms with E-state index in [-0.39, 0.29) is 6.10 Å². The summed E-state index contributed by atoms with van der Waals surface area (Å²) >= 11 is 5.84. The fraction of sp³-hybridized carbons (Fsp3) is 0.429. The molecule has 3 heterocycles. The topological polar surface area (TPSA) is 48.4 Å². The Hall–Kier alpha value is -2.22. The summed E-state index contributed by atoms with van der Waals surface area (Å²) in [5, 5.41) is 4.90. The first-order valence-corrected chi connectivity index (χ1v) is 10.1. The molecule has 1 aliphatic heterocycles. The summed E-state index contributed by atoms with van der Waals surface area (Å²) in [5.41, 5.74) is 2.16. The summed E-state index contributed by atoms with van der Waals surface area (Å²) in [6.07, 6.45) is 1.91. The van der Waals surface area contributed by atoms with Gasteiger partial charge < -0.3 is 9.15 Å². The Kier molecular flexibility index (Phi) is 5.48. The lowest BCUT2D eigenvalue weighted by atomic mass is 10.2. The van der Waals surface area contributed by atoms with Crippen LogP contribution in [0.15, 0.2) is 47.1 Å². The van der Waals surface area contributed by atoms with E-state index >= 15 is 0 Å². The fourth-order valence-electron chi connectivity index (χ4n) is 3.60. The lowest BCUT2D eigenvalue weighted by molar-refractivity contribution is -0.0625. The summed E-state index contributed by atoms with van der Waals surface area (Å²) in [6, 6.07) is 12.6. The van der Waals surface area contributed by atoms with Crippen molar-refractivity contribution < 1.29 is 9.15 Å². The van der Waals surface area contributed by atoms with E-state index in [1.54, 1.807) is 6.26 Å². The van der Waals surface area contributed by atoms with E-state index in [1.165, 1.54) is 5.56 Å². The third kappa shape index (κ3) is 3.83. The van der Waals surface area contributed by atoms with Gasteiger partial charge in [0.2, 0.25) is 0 Å². The van der Waals surface area contributed by atoms with Crippen LogP contribution in [0.3, 0.4) is 0 Å². The zero-order valence-electron chi connectivity index (χ0n) is 16.5. The number of aromatic nitrogens is 3. The van der Waals surface area contributed by atoms with Crippen molar-refractivity contribution in [1.82, 2.24) is 19.2 Å². The van der Waals surface area contributed by atoms with Crippen LogP contribution in [-0.4, -0.2) is 44.5 Å². The minimum Gasteiger partial charge on any atom is -0.469 e. The van der Waals surface area contributed by atoms with E-state index in [0.29, 0.717) is 24.0 Å². The van der Waals surface area contributed by atoms with Crippen molar-refractivity contribution in [1.29, 1.82) is 0 Å². The monoisotopic (exact) mass is 398 g/mol. The van der Waals surface area contributed by atoms with Crippen molar-refractivity contribution >= 4 is 12.2 Å². The van der Waals surface area contributed by atoms with E-state index in [1.807, 2.05) is 35.9 Å². The van der Waals surface area contributed by atoms with E-state index in [2.05, 4.69) is 35.4 Å². The average Bonchev–Trinajstić information content (AvgIpc) is 3.24. The molecule has 1 aromatic carbocycles. The second-order valence-electron chi connectivity index (χ2n) is 7.47. The lowest BCUT2D eigenvalue weighted by Crippen LogP contribution is -2.47. The maximum absolute atomic E-state index is 5.84. The van der Waals surface area contributed by atoms with E-state index in [0.717, 1.165) is 30.3 Å². The molecule has 1 fully saturated rings. The molecule has 0 aliphatic carbocycles. The molecule has 4 rings (SSSR count). The maximum atomic E-state index is 5.84. The first kappa shape index (κ1) is 19.1. The van der Waals surface area contributed by atoms with Crippen molar-refractivity contribution in [2.75, 3.05) is 13.2 Å². The van der Waals surface area contributed by atoms with Crippen LogP contribution in [0.5, 0.6) is 0 Å². The number of nitrogens with zero attached hydrogens (tertiary/aromatic N) is 4. The molecule has 0 amide bonds. The molecule has 2 atom stereocenters. The number of aryl methyl sites for hydroxylation is 1. The number of furan rings is 1. The van der Waals surface area contributed by atoms with E-state index in [4.69, 9.17) is 26.5 Å². The highest BCUT2D eigenvalue weighted by Crippen LogP contribution is 2.25. The molecule has 148 valence electrons. The Morgan fingerprint density at radius 1 is 1.18 bits per heavy atom. The molecule has 6 nitrogen and oxygen atoms in total. The minimum atomic E-state index is 0.215. The molecular formula is C21H26N4O2S. The molecule has 3 aromatic rings. The van der Waals surface area contributed by atoms with Gasteiger partial charge in [0.1, 0.15) is 5.76 Å². The molecule has 1 aliphatic rings. The molecule has 28 heavy (non-hydrogen) atoms. The van der Waals surface area contributed by atoms with Crippen molar-refractivity contribution in [2.45, 2.75) is 46.1 Å². The number of hydrogen-bond acceptors (Lipinski definition) is 5. The summed E-state index contributed by atoms with van der Waals surface area (Å²) in [7, 11) is 0. The molecule has 2 unspecified atom stereocenters. The van der Waals surface area contributed by atoms with Crippen molar-refractivity contribution in [3.05, 3.63) is 58.8 Å². The maximum Gasteiger partial charge on any atom is 0.199 e. The molecule has 0 spiro atoms. The molecule has 2 aromatic heterocycles. The molecular weight excluding hydrogens is 372 g/mol. The quantitative estimate of drug-likeness (QED) is 0.606. The van der Waals surface area contributed by atoms with E-state index < -0.39 is 0 Å². The van der Waals surface area contributed by atoms with Gasteiger partial charge in [0, 0.05) is 12.6 Å². The number of hydrogen-bond donors (Lipinski definition) is 0. The predicted octanol–water partition coefficient (Wildman–Crippen LogP) is 4.10. The van der Waals surface area contributed by atoms with Crippen LogP contribution < -0.4 is 0 Å². The number of rotatable bonds is 5. The van der Waals surface area contributed by atoms with Gasteiger partial charge in [-0.3, -0.25) is 9.47 Å². The molecule has 0 bridgehead atoms. The standard InChI is InChI=1S/C21H26N4O2S/c1-15-13-27-16(2)11-23(15)14-25-21(28)24(12-18-7-5-4-6-8-18)20(22-25)19-9-10-26-17(19)3/h4-10,15-16H,11-14H2,1-3H3. The van der Waals surface area contributed by atoms with Gasteiger partial charge in [-0.25, -0.2) is 4.68 Å². The van der Waals surface area contributed by atoms with Gasteiger partial charge in [0.05, 0.1) is 37.8 Å². The largest absolute Gasteiger partial charge is 0.469 e. The first-order chi connectivity index (χ1) is 13.5. The first-order valence-electron chi connectivity index (χ1n) is 9.64. The highest BCUT2D eigenvalue weighted by molar-refractivity contribution is 7.71. The van der Waals surface area contributed by atoms with Gasteiger partial charge in [-0.1, -0.05) is 30.3 Å². The minimum absolute atomic E-state index is 0.215. The van der Waals surface area contributed by atoms with Crippen LogP contribution in [-0.2, 0) is 18.0 Å². The van der Waals surface area contributed by atoms with Crippen molar-refractivity contribution in [3.8, 4) is 11.4 Å². The number of ether oxygens (including phenoxy) is 1. The Balaban J connectivity index is 1.72. The normalized spacial score (nSPS) is 20.5. The summed E-state index contributed by atoms with van der Waals surface area (Å²) in [5.74, 6) is 1.68. The van der Waals surface area contributed by atoms with Crippen LogP contribution in [0, 0.1) is 11.7 Å². The van der Waals surface area contributed by atoms with Crippen molar-refractivity contribution in [3.63, 3.8) is 0 Å². The average molecular weight is 399 g/mol. The summed E-state index contributed by atoms with van der Waals surface area (Å²) < 4.78 is 16.0. The fourth-order valence-corrected chi connectivity index (χ4v) is 3.85. The second-order valence-corrected chi connectivity index (χ2v) is 7.84.